The van der Waals surface area contributed by atoms with Crippen molar-refractivity contribution >= 4 is 17.9 Å². The van der Waals surface area contributed by atoms with Crippen molar-refractivity contribution in [2.75, 3.05) is 13.2 Å². The number of carbonyl (C=O) groups is 3. The van der Waals surface area contributed by atoms with E-state index in [1.165, 1.54) is 57.8 Å². The lowest BCUT2D eigenvalue weighted by Gasteiger charge is -2.18. The van der Waals surface area contributed by atoms with Gasteiger partial charge in [-0.15, -0.1) is 0 Å². The van der Waals surface area contributed by atoms with Crippen LogP contribution in [-0.4, -0.2) is 37.2 Å². The molecule has 0 fully saturated rings. The van der Waals surface area contributed by atoms with Crippen molar-refractivity contribution in [2.45, 2.75) is 213 Å². The SMILES string of the molecule is CC\C=C/C=C\C=C/C=C\C=C/CCCCCC(=O)OC(COC(=O)CCCCCC/C=C\CCCC)COC(=O)CCCCCCCCCCC/C=C\C/C=C\C/C=C\CC. The molecular weight excluding hydrogens is 769 g/mol. The van der Waals surface area contributed by atoms with E-state index in [0.717, 1.165) is 103 Å². The molecule has 0 aromatic heterocycles. The summed E-state index contributed by atoms with van der Waals surface area (Å²) in [5.74, 6) is -0.973. The number of carbonyl (C=O) groups excluding carboxylic acids is 3. The maximum atomic E-state index is 12.8. The van der Waals surface area contributed by atoms with Crippen molar-refractivity contribution in [3.63, 3.8) is 0 Å². The van der Waals surface area contributed by atoms with Crippen LogP contribution in [0.15, 0.2) is 109 Å². The van der Waals surface area contributed by atoms with E-state index < -0.39 is 6.10 Å². The molecule has 0 radical (unpaired) electrons. The van der Waals surface area contributed by atoms with Gasteiger partial charge in [-0.05, 0) is 89.9 Å². The van der Waals surface area contributed by atoms with Crippen molar-refractivity contribution in [2.24, 2.45) is 0 Å². The second-order valence-corrected chi connectivity index (χ2v) is 16.1. The van der Waals surface area contributed by atoms with E-state index in [4.69, 9.17) is 14.2 Å². The van der Waals surface area contributed by atoms with Crippen molar-refractivity contribution in [1.82, 2.24) is 0 Å². The third-order valence-corrected chi connectivity index (χ3v) is 10.1. The number of unbranched alkanes of at least 4 members (excludes halogenated alkanes) is 18. The van der Waals surface area contributed by atoms with Gasteiger partial charge in [0.25, 0.3) is 0 Å². The lowest BCUT2D eigenvalue weighted by atomic mass is 10.1. The van der Waals surface area contributed by atoms with E-state index in [9.17, 15) is 14.4 Å². The Kier molecular flexibility index (Phi) is 46.6. The van der Waals surface area contributed by atoms with E-state index >= 15 is 0 Å². The zero-order chi connectivity index (χ0) is 45.1. The van der Waals surface area contributed by atoms with Gasteiger partial charge in [0.1, 0.15) is 13.2 Å². The minimum absolute atomic E-state index is 0.104. The van der Waals surface area contributed by atoms with Gasteiger partial charge in [-0.2, -0.15) is 0 Å². The van der Waals surface area contributed by atoms with Crippen LogP contribution >= 0.6 is 0 Å². The van der Waals surface area contributed by atoms with Crippen LogP contribution in [0.25, 0.3) is 0 Å². The molecule has 6 nitrogen and oxygen atoms in total. The molecule has 0 aliphatic rings. The van der Waals surface area contributed by atoms with Gasteiger partial charge in [-0.1, -0.05) is 207 Å². The number of allylic oxidation sites excluding steroid dienone is 18. The first-order chi connectivity index (χ1) is 30.5. The summed E-state index contributed by atoms with van der Waals surface area (Å²) in [5, 5.41) is 0. The monoisotopic (exact) mass is 859 g/mol. The standard InChI is InChI=1S/C56H90O6/c1-4-7-10-13-16-19-22-24-26-27-28-29-31-32-34-37-40-43-46-49-55(58)61-52-53(51-60-54(57)48-45-42-39-36-21-18-15-12-9-6-3)62-56(59)50-47-44-41-38-35-33-30-25-23-20-17-14-11-8-5-2/h7-8,10-11,14-20,23-26,30,33,35,53H,4-6,9,12-13,21-22,27-29,31-32,34,36-52H2,1-3H3/b10-7-,11-8-,17-14-,18-15-,19-16-,23-20-,26-24-,30-25-,35-33-. The number of hydrogen-bond donors (Lipinski definition) is 0. The molecule has 0 aromatic rings. The Labute approximate surface area is 380 Å². The van der Waals surface area contributed by atoms with Crippen LogP contribution in [0.5, 0.6) is 0 Å². The summed E-state index contributed by atoms with van der Waals surface area (Å²) in [6, 6.07) is 0. The second-order valence-electron chi connectivity index (χ2n) is 16.1. The first kappa shape index (κ1) is 58.1. The molecular formula is C56H90O6. The van der Waals surface area contributed by atoms with E-state index in [1.807, 2.05) is 48.6 Å². The van der Waals surface area contributed by atoms with E-state index in [-0.39, 0.29) is 37.5 Å². The third kappa shape index (κ3) is 47.1. The summed E-state index contributed by atoms with van der Waals surface area (Å²) in [6.45, 7) is 6.27. The molecule has 0 bridgehead atoms. The Hall–Kier alpha value is -3.93. The highest BCUT2D eigenvalue weighted by Gasteiger charge is 2.19. The second kappa shape index (κ2) is 49.7. The maximum Gasteiger partial charge on any atom is 0.306 e. The highest BCUT2D eigenvalue weighted by Crippen LogP contribution is 2.14. The van der Waals surface area contributed by atoms with Crippen LogP contribution in [0.4, 0.5) is 0 Å². The fourth-order valence-electron chi connectivity index (χ4n) is 6.40. The van der Waals surface area contributed by atoms with Crippen LogP contribution in [0.1, 0.15) is 207 Å². The topological polar surface area (TPSA) is 78.9 Å². The van der Waals surface area contributed by atoms with Crippen molar-refractivity contribution in [1.29, 1.82) is 0 Å². The van der Waals surface area contributed by atoms with Crippen LogP contribution in [0.2, 0.25) is 0 Å². The highest BCUT2D eigenvalue weighted by molar-refractivity contribution is 5.71. The lowest BCUT2D eigenvalue weighted by molar-refractivity contribution is -0.167. The smallest absolute Gasteiger partial charge is 0.306 e. The predicted molar refractivity (Wildman–Crippen MR) is 265 cm³/mol. The molecule has 350 valence electrons. The van der Waals surface area contributed by atoms with Crippen LogP contribution in [0, 0.1) is 0 Å². The van der Waals surface area contributed by atoms with E-state index in [0.29, 0.717) is 19.3 Å². The fourth-order valence-corrected chi connectivity index (χ4v) is 6.40. The van der Waals surface area contributed by atoms with Gasteiger partial charge in [-0.3, -0.25) is 14.4 Å². The quantitative estimate of drug-likeness (QED) is 0.0200. The Balaban J connectivity index is 4.44. The fraction of sp³-hybridized carbons (Fsp3) is 0.625. The van der Waals surface area contributed by atoms with Crippen LogP contribution in [0.3, 0.4) is 0 Å². The molecule has 0 rings (SSSR count). The van der Waals surface area contributed by atoms with Crippen molar-refractivity contribution < 1.29 is 28.6 Å². The molecule has 0 heterocycles. The summed E-state index contributed by atoms with van der Waals surface area (Å²) in [5.41, 5.74) is 0. The minimum atomic E-state index is -0.807. The van der Waals surface area contributed by atoms with Gasteiger partial charge in [0.05, 0.1) is 0 Å². The van der Waals surface area contributed by atoms with Gasteiger partial charge in [0, 0.05) is 19.3 Å². The average molecular weight is 859 g/mol. The first-order valence-electron chi connectivity index (χ1n) is 25.0. The van der Waals surface area contributed by atoms with Gasteiger partial charge in [0.15, 0.2) is 6.10 Å². The Morgan fingerprint density at radius 1 is 0.355 bits per heavy atom. The molecule has 62 heavy (non-hydrogen) atoms. The summed E-state index contributed by atoms with van der Waals surface area (Å²) >= 11 is 0. The summed E-state index contributed by atoms with van der Waals surface area (Å²) in [6.07, 6.45) is 66.5. The van der Waals surface area contributed by atoms with Gasteiger partial charge < -0.3 is 14.2 Å². The molecule has 1 atom stereocenters. The van der Waals surface area contributed by atoms with Gasteiger partial charge in [-0.25, -0.2) is 0 Å². The number of rotatable bonds is 43. The Bertz CT molecular complexity index is 1310. The molecule has 0 spiro atoms. The van der Waals surface area contributed by atoms with Crippen molar-refractivity contribution in [3.05, 3.63) is 109 Å². The number of ether oxygens (including phenoxy) is 3. The molecule has 6 heteroatoms. The zero-order valence-electron chi connectivity index (χ0n) is 39.8. The average Bonchev–Trinajstić information content (AvgIpc) is 3.27. The molecule has 0 aliphatic heterocycles. The predicted octanol–water partition coefficient (Wildman–Crippen LogP) is 16.4. The summed E-state index contributed by atoms with van der Waals surface area (Å²) in [4.78, 5) is 37.9. The maximum absolute atomic E-state index is 12.8. The summed E-state index contributed by atoms with van der Waals surface area (Å²) < 4.78 is 16.7. The van der Waals surface area contributed by atoms with E-state index in [1.54, 1.807) is 0 Å². The molecule has 0 saturated heterocycles. The Morgan fingerprint density at radius 2 is 0.710 bits per heavy atom. The van der Waals surface area contributed by atoms with Crippen molar-refractivity contribution in [3.8, 4) is 0 Å². The number of hydrogen-bond acceptors (Lipinski definition) is 6. The molecule has 0 aliphatic carbocycles. The molecule has 0 amide bonds. The van der Waals surface area contributed by atoms with Gasteiger partial charge >= 0.3 is 17.9 Å². The lowest BCUT2D eigenvalue weighted by Crippen LogP contribution is -2.30. The van der Waals surface area contributed by atoms with E-state index in [2.05, 4.69) is 81.5 Å². The molecule has 0 N–H and O–H groups in total. The minimum Gasteiger partial charge on any atom is -0.462 e. The Morgan fingerprint density at radius 3 is 1.21 bits per heavy atom. The van der Waals surface area contributed by atoms with Gasteiger partial charge in [0.2, 0.25) is 0 Å². The number of esters is 3. The first-order valence-corrected chi connectivity index (χ1v) is 25.0. The zero-order valence-corrected chi connectivity index (χ0v) is 39.8. The normalized spacial score (nSPS) is 13.0. The highest BCUT2D eigenvalue weighted by atomic mass is 16.6. The third-order valence-electron chi connectivity index (χ3n) is 10.1. The molecule has 0 aromatic carbocycles. The van der Waals surface area contributed by atoms with Crippen LogP contribution < -0.4 is 0 Å². The van der Waals surface area contributed by atoms with Crippen LogP contribution in [-0.2, 0) is 28.6 Å². The largest absolute Gasteiger partial charge is 0.462 e. The molecule has 1 unspecified atom stereocenters. The summed E-state index contributed by atoms with van der Waals surface area (Å²) in [7, 11) is 0. The molecule has 0 saturated carbocycles.